The molecule has 4 nitrogen and oxygen atoms in total. The number of halogens is 1. The topological polar surface area (TPSA) is 69.6 Å². The zero-order chi connectivity index (χ0) is 15.7. The summed E-state index contributed by atoms with van der Waals surface area (Å²) >= 11 is 6.00. The number of fused-ring (bicyclic) bond motifs is 1. The normalized spacial score (nSPS) is 10.6. The van der Waals surface area contributed by atoms with E-state index in [-0.39, 0.29) is 17.1 Å². The van der Waals surface area contributed by atoms with Gasteiger partial charge in [0.25, 0.3) is 5.91 Å². The Labute approximate surface area is 131 Å². The van der Waals surface area contributed by atoms with Gasteiger partial charge in [0.2, 0.25) is 0 Å². The van der Waals surface area contributed by atoms with Crippen LogP contribution >= 0.6 is 11.6 Å². The average molecular weight is 314 g/mol. The lowest BCUT2D eigenvalue weighted by Crippen LogP contribution is -2.12. The Bertz CT molecular complexity index is 877. The summed E-state index contributed by atoms with van der Waals surface area (Å²) in [5, 5.41) is 24.2. The maximum atomic E-state index is 12.3. The lowest BCUT2D eigenvalue weighted by Gasteiger charge is -2.11. The molecule has 22 heavy (non-hydrogen) atoms. The summed E-state index contributed by atoms with van der Waals surface area (Å²) in [6.07, 6.45) is 0. The van der Waals surface area contributed by atoms with Gasteiger partial charge in [0, 0.05) is 10.8 Å². The molecule has 3 N–H and O–H groups in total. The first-order chi connectivity index (χ1) is 10.6. The van der Waals surface area contributed by atoms with Crippen molar-refractivity contribution in [3.63, 3.8) is 0 Å². The third-order valence-corrected chi connectivity index (χ3v) is 3.69. The van der Waals surface area contributed by atoms with Crippen LogP contribution in [0.15, 0.2) is 54.6 Å². The van der Waals surface area contributed by atoms with Gasteiger partial charge in [0.05, 0.1) is 16.3 Å². The van der Waals surface area contributed by atoms with Gasteiger partial charge in [-0.25, -0.2) is 0 Å². The quantitative estimate of drug-likeness (QED) is 0.622. The number of nitrogens with one attached hydrogen (secondary N) is 1. The number of hydrogen-bond donors (Lipinski definition) is 3. The van der Waals surface area contributed by atoms with Gasteiger partial charge in [-0.3, -0.25) is 4.79 Å². The van der Waals surface area contributed by atoms with Crippen LogP contribution in [0.3, 0.4) is 0 Å². The van der Waals surface area contributed by atoms with E-state index in [1.54, 1.807) is 48.5 Å². The molecule has 110 valence electrons. The highest BCUT2D eigenvalue weighted by molar-refractivity contribution is 6.34. The number of phenolic OH excluding ortho intramolecular Hbond substituents is 2. The molecule has 3 aromatic carbocycles. The second-order valence-corrected chi connectivity index (χ2v) is 5.18. The van der Waals surface area contributed by atoms with E-state index in [9.17, 15) is 15.0 Å². The van der Waals surface area contributed by atoms with E-state index >= 15 is 0 Å². The lowest BCUT2D eigenvalue weighted by atomic mass is 10.0. The third-order valence-electron chi connectivity index (χ3n) is 3.36. The van der Waals surface area contributed by atoms with E-state index in [0.29, 0.717) is 21.5 Å². The van der Waals surface area contributed by atoms with Crippen molar-refractivity contribution in [3.05, 3.63) is 65.2 Å². The number of para-hydroxylation sites is 1. The SMILES string of the molecule is O=C(Nc1ccccc1Cl)c1cc(O)c2ccccc2c1O. The zero-order valence-electron chi connectivity index (χ0n) is 11.4. The van der Waals surface area contributed by atoms with Crippen molar-refractivity contribution in [2.75, 3.05) is 5.32 Å². The van der Waals surface area contributed by atoms with Crippen molar-refractivity contribution >= 4 is 34.0 Å². The molecular weight excluding hydrogens is 302 g/mol. The molecule has 0 aliphatic carbocycles. The van der Waals surface area contributed by atoms with Crippen molar-refractivity contribution in [1.29, 1.82) is 0 Å². The fraction of sp³-hybridized carbons (Fsp3) is 0. The van der Waals surface area contributed by atoms with E-state index in [1.807, 2.05) is 0 Å². The summed E-state index contributed by atoms with van der Waals surface area (Å²) in [4.78, 5) is 12.3. The minimum atomic E-state index is -0.549. The zero-order valence-corrected chi connectivity index (χ0v) is 12.1. The van der Waals surface area contributed by atoms with Gasteiger partial charge in [0.1, 0.15) is 11.5 Å². The molecule has 0 saturated carbocycles. The Morgan fingerprint density at radius 2 is 1.59 bits per heavy atom. The Morgan fingerprint density at radius 1 is 0.955 bits per heavy atom. The van der Waals surface area contributed by atoms with Crippen molar-refractivity contribution in [3.8, 4) is 11.5 Å². The van der Waals surface area contributed by atoms with Crippen LogP contribution in [0.25, 0.3) is 10.8 Å². The summed E-state index contributed by atoms with van der Waals surface area (Å²) in [5.41, 5.74) is 0.414. The molecule has 5 heteroatoms. The molecule has 0 radical (unpaired) electrons. The second kappa shape index (κ2) is 5.58. The minimum absolute atomic E-state index is 0.0175. The number of aromatic hydroxyl groups is 2. The predicted molar refractivity (Wildman–Crippen MR) is 86.7 cm³/mol. The predicted octanol–water partition coefficient (Wildman–Crippen LogP) is 4.16. The molecule has 0 unspecified atom stereocenters. The van der Waals surface area contributed by atoms with Crippen LogP contribution in [0.2, 0.25) is 5.02 Å². The first-order valence-corrected chi connectivity index (χ1v) is 6.95. The van der Waals surface area contributed by atoms with Gasteiger partial charge >= 0.3 is 0 Å². The highest BCUT2D eigenvalue weighted by Crippen LogP contribution is 2.35. The number of phenols is 2. The molecule has 0 saturated heterocycles. The number of hydrogen-bond acceptors (Lipinski definition) is 3. The molecule has 0 aromatic heterocycles. The number of benzene rings is 3. The third kappa shape index (κ3) is 2.44. The summed E-state index contributed by atoms with van der Waals surface area (Å²) in [5.74, 6) is -0.803. The summed E-state index contributed by atoms with van der Waals surface area (Å²) in [6, 6.07) is 14.8. The number of rotatable bonds is 2. The van der Waals surface area contributed by atoms with Gasteiger partial charge in [0.15, 0.2) is 0 Å². The van der Waals surface area contributed by atoms with E-state index in [1.165, 1.54) is 6.07 Å². The molecule has 0 heterocycles. The molecule has 3 aromatic rings. The molecule has 0 aliphatic rings. The van der Waals surface area contributed by atoms with Crippen LogP contribution in [0.1, 0.15) is 10.4 Å². The molecule has 1 amide bonds. The monoisotopic (exact) mass is 313 g/mol. The Kier molecular flexibility index (Phi) is 3.61. The standard InChI is InChI=1S/C17H12ClNO3/c18-13-7-3-4-8-14(13)19-17(22)12-9-15(20)10-5-1-2-6-11(10)16(12)21/h1-9,20-21H,(H,19,22). The van der Waals surface area contributed by atoms with Gasteiger partial charge in [-0.1, -0.05) is 48.0 Å². The summed E-state index contributed by atoms with van der Waals surface area (Å²) in [7, 11) is 0. The second-order valence-electron chi connectivity index (χ2n) is 4.77. The maximum absolute atomic E-state index is 12.3. The number of amides is 1. The molecule has 0 aliphatic heterocycles. The first kappa shape index (κ1) is 14.2. The lowest BCUT2D eigenvalue weighted by molar-refractivity contribution is 0.102. The maximum Gasteiger partial charge on any atom is 0.259 e. The van der Waals surface area contributed by atoms with Crippen LogP contribution in [0, 0.1) is 0 Å². The number of anilines is 1. The van der Waals surface area contributed by atoms with E-state index in [0.717, 1.165) is 0 Å². The van der Waals surface area contributed by atoms with Crippen molar-refractivity contribution in [2.45, 2.75) is 0 Å². The summed E-state index contributed by atoms with van der Waals surface area (Å²) < 4.78 is 0. The van der Waals surface area contributed by atoms with Gasteiger partial charge in [-0.15, -0.1) is 0 Å². The molecular formula is C17H12ClNO3. The van der Waals surface area contributed by atoms with Crippen LogP contribution in [0.5, 0.6) is 11.5 Å². The molecule has 0 atom stereocenters. The largest absolute Gasteiger partial charge is 0.507 e. The van der Waals surface area contributed by atoms with Gasteiger partial charge in [-0.2, -0.15) is 0 Å². The van der Waals surface area contributed by atoms with Crippen molar-refractivity contribution in [1.82, 2.24) is 0 Å². The molecule has 0 bridgehead atoms. The Balaban J connectivity index is 2.05. The highest BCUT2D eigenvalue weighted by atomic mass is 35.5. The van der Waals surface area contributed by atoms with Gasteiger partial charge < -0.3 is 15.5 Å². The Hall–Kier alpha value is -2.72. The van der Waals surface area contributed by atoms with E-state index in [4.69, 9.17) is 11.6 Å². The summed E-state index contributed by atoms with van der Waals surface area (Å²) in [6.45, 7) is 0. The number of carbonyl (C=O) groups excluding carboxylic acids is 1. The van der Waals surface area contributed by atoms with Crippen molar-refractivity contribution in [2.24, 2.45) is 0 Å². The van der Waals surface area contributed by atoms with Crippen LogP contribution in [-0.2, 0) is 0 Å². The minimum Gasteiger partial charge on any atom is -0.507 e. The Morgan fingerprint density at radius 3 is 2.32 bits per heavy atom. The van der Waals surface area contributed by atoms with E-state index in [2.05, 4.69) is 5.32 Å². The molecule has 0 spiro atoms. The fourth-order valence-corrected chi connectivity index (χ4v) is 2.45. The van der Waals surface area contributed by atoms with E-state index < -0.39 is 5.91 Å². The van der Waals surface area contributed by atoms with Crippen LogP contribution < -0.4 is 5.32 Å². The van der Waals surface area contributed by atoms with Crippen molar-refractivity contribution < 1.29 is 15.0 Å². The molecule has 0 fully saturated rings. The van der Waals surface area contributed by atoms with Crippen LogP contribution in [-0.4, -0.2) is 16.1 Å². The average Bonchev–Trinajstić information content (AvgIpc) is 2.53. The fourth-order valence-electron chi connectivity index (χ4n) is 2.27. The van der Waals surface area contributed by atoms with Crippen LogP contribution in [0.4, 0.5) is 5.69 Å². The first-order valence-electron chi connectivity index (χ1n) is 6.57. The smallest absolute Gasteiger partial charge is 0.259 e. The highest BCUT2D eigenvalue weighted by Gasteiger charge is 2.17. The molecule has 3 rings (SSSR count). The van der Waals surface area contributed by atoms with Gasteiger partial charge in [-0.05, 0) is 18.2 Å². The number of carbonyl (C=O) groups is 1.